The van der Waals surface area contributed by atoms with Crippen LogP contribution < -0.4 is 5.32 Å². The average Bonchev–Trinajstić information content (AvgIpc) is 2.74. The molecule has 0 spiro atoms. The van der Waals surface area contributed by atoms with Crippen LogP contribution in [0.1, 0.15) is 28.4 Å². The number of fused-ring (bicyclic) bond motifs is 1. The van der Waals surface area contributed by atoms with Crippen LogP contribution >= 0.6 is 23.2 Å². The van der Waals surface area contributed by atoms with Crippen molar-refractivity contribution in [2.24, 2.45) is 0 Å². The molecule has 0 aliphatic rings. The van der Waals surface area contributed by atoms with Gasteiger partial charge in [0.1, 0.15) is 0 Å². The summed E-state index contributed by atoms with van der Waals surface area (Å²) in [5.41, 5.74) is 5.41. The Morgan fingerprint density at radius 2 is 1.73 bits per heavy atom. The van der Waals surface area contributed by atoms with E-state index in [0.29, 0.717) is 21.3 Å². The Balaban J connectivity index is 1.90. The molecule has 4 aromatic rings. The van der Waals surface area contributed by atoms with Gasteiger partial charge in [-0.25, -0.2) is 4.98 Å². The first-order valence-corrected chi connectivity index (χ1v) is 10.5. The number of amides is 1. The Morgan fingerprint density at radius 3 is 2.50 bits per heavy atom. The van der Waals surface area contributed by atoms with Crippen molar-refractivity contribution in [1.29, 1.82) is 0 Å². The van der Waals surface area contributed by atoms with Gasteiger partial charge >= 0.3 is 0 Å². The van der Waals surface area contributed by atoms with Crippen LogP contribution in [0.5, 0.6) is 0 Å². The molecule has 0 atom stereocenters. The molecule has 0 saturated carbocycles. The zero-order chi connectivity index (χ0) is 21.3. The first-order chi connectivity index (χ1) is 14.5. The van der Waals surface area contributed by atoms with Gasteiger partial charge in [0.25, 0.3) is 5.91 Å². The fourth-order valence-corrected chi connectivity index (χ4v) is 4.18. The van der Waals surface area contributed by atoms with E-state index in [0.717, 1.165) is 39.7 Å². The van der Waals surface area contributed by atoms with Crippen molar-refractivity contribution in [3.63, 3.8) is 0 Å². The third-order valence-electron chi connectivity index (χ3n) is 5.20. The predicted molar refractivity (Wildman–Crippen MR) is 126 cm³/mol. The van der Waals surface area contributed by atoms with Crippen LogP contribution in [0.15, 0.2) is 66.7 Å². The molecule has 0 radical (unpaired) electrons. The highest BCUT2D eigenvalue weighted by Crippen LogP contribution is 2.35. The normalized spacial score (nSPS) is 10.9. The number of para-hydroxylation sites is 2. The Kier molecular flexibility index (Phi) is 5.76. The van der Waals surface area contributed by atoms with Gasteiger partial charge in [-0.05, 0) is 54.8 Å². The Morgan fingerprint density at radius 1 is 1.00 bits per heavy atom. The smallest absolute Gasteiger partial charge is 0.256 e. The standard InChI is InChI=1S/C25H20Cl2N2O/c1-3-16-8-4-6-10-21(16)29-25(30)23-15(2)24(18-13-12-17(26)14-20(18)27)28-22-11-7-5-9-19(22)23/h4-14H,3H2,1-2H3,(H,29,30). The number of carbonyl (C=O) groups is 1. The van der Waals surface area contributed by atoms with Crippen molar-refractivity contribution in [2.45, 2.75) is 20.3 Å². The van der Waals surface area contributed by atoms with Gasteiger partial charge in [0.2, 0.25) is 0 Å². The molecule has 5 heteroatoms. The molecule has 1 aromatic heterocycles. The molecular weight excluding hydrogens is 415 g/mol. The van der Waals surface area contributed by atoms with Gasteiger partial charge in [-0.3, -0.25) is 4.79 Å². The van der Waals surface area contributed by atoms with Crippen molar-refractivity contribution >= 4 is 45.7 Å². The summed E-state index contributed by atoms with van der Waals surface area (Å²) in [5.74, 6) is -0.168. The van der Waals surface area contributed by atoms with E-state index < -0.39 is 0 Å². The number of nitrogens with one attached hydrogen (secondary N) is 1. The minimum atomic E-state index is -0.168. The van der Waals surface area contributed by atoms with Gasteiger partial charge in [-0.2, -0.15) is 0 Å². The second-order valence-electron chi connectivity index (χ2n) is 7.07. The molecule has 0 saturated heterocycles. The summed E-state index contributed by atoms with van der Waals surface area (Å²) in [6.07, 6.45) is 0.832. The molecule has 0 aliphatic carbocycles. The van der Waals surface area contributed by atoms with E-state index in [1.165, 1.54) is 0 Å². The third kappa shape index (κ3) is 3.79. The molecule has 0 bridgehead atoms. The minimum absolute atomic E-state index is 0.168. The molecule has 4 rings (SSSR count). The van der Waals surface area contributed by atoms with Gasteiger partial charge in [-0.1, -0.05) is 66.5 Å². The van der Waals surface area contributed by atoms with Crippen molar-refractivity contribution < 1.29 is 4.79 Å². The Hall–Kier alpha value is -2.88. The van der Waals surface area contributed by atoms with Crippen LogP contribution in [-0.4, -0.2) is 10.9 Å². The molecule has 1 amide bonds. The number of aryl methyl sites for hydroxylation is 1. The van der Waals surface area contributed by atoms with E-state index >= 15 is 0 Å². The van der Waals surface area contributed by atoms with Gasteiger partial charge in [-0.15, -0.1) is 0 Å². The molecule has 0 fully saturated rings. The third-order valence-corrected chi connectivity index (χ3v) is 5.74. The lowest BCUT2D eigenvalue weighted by Gasteiger charge is -2.16. The van der Waals surface area contributed by atoms with E-state index in [2.05, 4.69) is 12.2 Å². The lowest BCUT2D eigenvalue weighted by Crippen LogP contribution is -2.16. The van der Waals surface area contributed by atoms with E-state index in [-0.39, 0.29) is 5.91 Å². The molecule has 3 nitrogen and oxygen atoms in total. The van der Waals surface area contributed by atoms with E-state index in [4.69, 9.17) is 28.2 Å². The van der Waals surface area contributed by atoms with Crippen LogP contribution in [-0.2, 0) is 6.42 Å². The summed E-state index contributed by atoms with van der Waals surface area (Å²) in [7, 11) is 0. The number of hydrogen-bond donors (Lipinski definition) is 1. The van der Waals surface area contributed by atoms with Crippen molar-refractivity contribution in [1.82, 2.24) is 4.98 Å². The van der Waals surface area contributed by atoms with Crippen molar-refractivity contribution in [2.75, 3.05) is 5.32 Å². The molecule has 0 unspecified atom stereocenters. The fourth-order valence-electron chi connectivity index (χ4n) is 3.68. The van der Waals surface area contributed by atoms with Gasteiger partial charge < -0.3 is 5.32 Å². The number of aromatic nitrogens is 1. The zero-order valence-corrected chi connectivity index (χ0v) is 18.2. The van der Waals surface area contributed by atoms with Crippen LogP contribution in [0.4, 0.5) is 5.69 Å². The molecule has 3 aromatic carbocycles. The van der Waals surface area contributed by atoms with Crippen LogP contribution in [0, 0.1) is 6.92 Å². The van der Waals surface area contributed by atoms with Crippen molar-refractivity contribution in [3.8, 4) is 11.3 Å². The number of carbonyl (C=O) groups excluding carboxylic acids is 1. The number of rotatable bonds is 4. The SMILES string of the molecule is CCc1ccccc1NC(=O)c1c(C)c(-c2ccc(Cl)cc2Cl)nc2ccccc12. The van der Waals surface area contributed by atoms with E-state index in [1.807, 2.05) is 61.5 Å². The number of pyridine rings is 1. The highest BCUT2D eigenvalue weighted by atomic mass is 35.5. The lowest BCUT2D eigenvalue weighted by molar-refractivity contribution is 0.102. The largest absolute Gasteiger partial charge is 0.322 e. The molecule has 0 aliphatic heterocycles. The summed E-state index contributed by atoms with van der Waals surface area (Å²) in [6.45, 7) is 3.97. The lowest BCUT2D eigenvalue weighted by atomic mass is 9.97. The average molecular weight is 435 g/mol. The molecule has 30 heavy (non-hydrogen) atoms. The molecule has 150 valence electrons. The van der Waals surface area contributed by atoms with Crippen LogP contribution in [0.3, 0.4) is 0 Å². The maximum absolute atomic E-state index is 13.4. The Bertz CT molecular complexity index is 1270. The quantitative estimate of drug-likeness (QED) is 0.365. The molecular formula is C25H20Cl2N2O. The minimum Gasteiger partial charge on any atom is -0.322 e. The number of halogens is 2. The highest BCUT2D eigenvalue weighted by Gasteiger charge is 2.20. The fraction of sp³-hybridized carbons (Fsp3) is 0.120. The first kappa shape index (κ1) is 20.4. The second-order valence-corrected chi connectivity index (χ2v) is 7.91. The number of hydrogen-bond acceptors (Lipinski definition) is 2. The second kappa shape index (κ2) is 8.47. The predicted octanol–water partition coefficient (Wildman–Crippen LogP) is 7.33. The van der Waals surface area contributed by atoms with E-state index in [9.17, 15) is 4.79 Å². The van der Waals surface area contributed by atoms with Gasteiger partial charge in [0.15, 0.2) is 0 Å². The topological polar surface area (TPSA) is 42.0 Å². The number of anilines is 1. The zero-order valence-electron chi connectivity index (χ0n) is 16.7. The number of nitrogens with zero attached hydrogens (tertiary/aromatic N) is 1. The molecule has 1 N–H and O–H groups in total. The van der Waals surface area contributed by atoms with Crippen LogP contribution in [0.2, 0.25) is 10.0 Å². The molecule has 1 heterocycles. The summed E-state index contributed by atoms with van der Waals surface area (Å²) >= 11 is 12.5. The van der Waals surface area contributed by atoms with Gasteiger partial charge in [0, 0.05) is 21.7 Å². The summed E-state index contributed by atoms with van der Waals surface area (Å²) in [4.78, 5) is 18.3. The van der Waals surface area contributed by atoms with E-state index in [1.54, 1.807) is 12.1 Å². The van der Waals surface area contributed by atoms with Gasteiger partial charge in [0.05, 0.1) is 21.8 Å². The maximum Gasteiger partial charge on any atom is 0.256 e. The number of benzene rings is 3. The maximum atomic E-state index is 13.4. The summed E-state index contributed by atoms with van der Waals surface area (Å²) < 4.78 is 0. The van der Waals surface area contributed by atoms with Crippen molar-refractivity contribution in [3.05, 3.63) is 93.5 Å². The monoisotopic (exact) mass is 434 g/mol. The van der Waals surface area contributed by atoms with Crippen LogP contribution in [0.25, 0.3) is 22.2 Å². The summed E-state index contributed by atoms with van der Waals surface area (Å²) in [5, 5.41) is 4.94. The highest BCUT2D eigenvalue weighted by molar-refractivity contribution is 6.36. The Labute approximate surface area is 185 Å². The summed E-state index contributed by atoms with van der Waals surface area (Å²) in [6, 6.07) is 20.8. The first-order valence-electron chi connectivity index (χ1n) is 9.73.